The van der Waals surface area contributed by atoms with Crippen LogP contribution in [0.25, 0.3) is 10.9 Å². The van der Waals surface area contributed by atoms with Gasteiger partial charge in [-0.2, -0.15) is 0 Å². The number of thioether (sulfide) groups is 1. The van der Waals surface area contributed by atoms with Crippen molar-refractivity contribution in [1.82, 2.24) is 14.5 Å². The second-order valence-corrected chi connectivity index (χ2v) is 9.39. The predicted molar refractivity (Wildman–Crippen MR) is 123 cm³/mol. The van der Waals surface area contributed by atoms with Crippen LogP contribution in [0, 0.1) is 0 Å². The number of hydrogen-bond acceptors (Lipinski definition) is 4. The number of likely N-dealkylation sites (tertiary alicyclic amines) is 1. The molecule has 1 atom stereocenters. The van der Waals surface area contributed by atoms with E-state index in [2.05, 4.69) is 13.0 Å². The lowest BCUT2D eigenvalue weighted by Gasteiger charge is -2.33. The van der Waals surface area contributed by atoms with E-state index >= 15 is 0 Å². The van der Waals surface area contributed by atoms with Gasteiger partial charge in [-0.15, -0.1) is 0 Å². The van der Waals surface area contributed by atoms with Crippen molar-refractivity contribution in [1.29, 1.82) is 0 Å². The van der Waals surface area contributed by atoms with Crippen molar-refractivity contribution in [3.05, 3.63) is 46.3 Å². The molecule has 30 heavy (non-hydrogen) atoms. The summed E-state index contributed by atoms with van der Waals surface area (Å²) in [5.74, 6) is 0.480. The molecule has 0 spiro atoms. The fraction of sp³-hybridized carbons (Fsp3) is 0.542. The van der Waals surface area contributed by atoms with Crippen molar-refractivity contribution in [2.24, 2.45) is 0 Å². The van der Waals surface area contributed by atoms with Crippen molar-refractivity contribution in [2.45, 2.75) is 76.0 Å². The van der Waals surface area contributed by atoms with Gasteiger partial charge in [0.05, 0.1) is 16.7 Å². The van der Waals surface area contributed by atoms with E-state index in [1.165, 1.54) is 36.6 Å². The third-order valence-corrected chi connectivity index (χ3v) is 7.28. The van der Waals surface area contributed by atoms with E-state index in [0.717, 1.165) is 38.6 Å². The van der Waals surface area contributed by atoms with Crippen LogP contribution in [0.3, 0.4) is 0 Å². The van der Waals surface area contributed by atoms with E-state index in [4.69, 9.17) is 4.98 Å². The van der Waals surface area contributed by atoms with Crippen molar-refractivity contribution in [3.8, 4) is 0 Å². The van der Waals surface area contributed by atoms with Gasteiger partial charge in [0, 0.05) is 19.1 Å². The number of aromatic nitrogens is 2. The number of carbonyl (C=O) groups is 1. The molecule has 1 fully saturated rings. The number of nitrogens with zero attached hydrogens (tertiary/aromatic N) is 3. The molecule has 2 aliphatic rings. The number of piperidine rings is 1. The molecule has 6 heteroatoms. The number of amides is 1. The Hall–Kier alpha value is -2.08. The van der Waals surface area contributed by atoms with Crippen molar-refractivity contribution in [2.75, 3.05) is 12.3 Å². The zero-order valence-electron chi connectivity index (χ0n) is 17.8. The summed E-state index contributed by atoms with van der Waals surface area (Å²) in [7, 11) is 0. The normalized spacial score (nSPS) is 19.7. The molecular formula is C24H31N3O2S. The fourth-order valence-corrected chi connectivity index (χ4v) is 5.43. The van der Waals surface area contributed by atoms with E-state index < -0.39 is 0 Å². The zero-order valence-corrected chi connectivity index (χ0v) is 18.6. The van der Waals surface area contributed by atoms with Crippen LogP contribution >= 0.6 is 11.8 Å². The van der Waals surface area contributed by atoms with Gasteiger partial charge in [0.1, 0.15) is 0 Å². The molecule has 0 bridgehead atoms. The van der Waals surface area contributed by atoms with Crippen molar-refractivity contribution < 1.29 is 4.79 Å². The Morgan fingerprint density at radius 3 is 2.87 bits per heavy atom. The lowest BCUT2D eigenvalue weighted by Crippen LogP contribution is -2.43. The molecule has 0 saturated carbocycles. The average molecular weight is 426 g/mol. The van der Waals surface area contributed by atoms with Crippen LogP contribution in [0.15, 0.2) is 45.9 Å². The molecule has 1 amide bonds. The zero-order chi connectivity index (χ0) is 20.9. The maximum atomic E-state index is 13.2. The first-order chi connectivity index (χ1) is 14.6. The summed E-state index contributed by atoms with van der Waals surface area (Å²) in [6, 6.07) is 7.81. The lowest BCUT2D eigenvalue weighted by molar-refractivity contribution is -0.131. The number of para-hydroxylation sites is 1. The molecule has 1 aliphatic carbocycles. The molecular weight excluding hydrogens is 394 g/mol. The fourth-order valence-electron chi connectivity index (χ4n) is 4.52. The second-order valence-electron chi connectivity index (χ2n) is 8.45. The predicted octanol–water partition coefficient (Wildman–Crippen LogP) is 4.78. The van der Waals surface area contributed by atoms with Crippen LogP contribution < -0.4 is 5.56 Å². The number of rotatable bonds is 6. The number of carbonyl (C=O) groups excluding carboxylic acids is 1. The maximum Gasteiger partial charge on any atom is 0.262 e. The minimum absolute atomic E-state index is 0.00158. The Balaban J connectivity index is 1.56. The largest absolute Gasteiger partial charge is 0.339 e. The topological polar surface area (TPSA) is 55.2 Å². The van der Waals surface area contributed by atoms with Crippen LogP contribution in [0.1, 0.15) is 58.3 Å². The number of allylic oxidation sites excluding steroid dienone is 2. The van der Waals surface area contributed by atoms with E-state index in [9.17, 15) is 9.59 Å². The van der Waals surface area contributed by atoms with Gasteiger partial charge >= 0.3 is 0 Å². The highest BCUT2D eigenvalue weighted by atomic mass is 32.2. The first kappa shape index (κ1) is 21.2. The Morgan fingerprint density at radius 1 is 1.20 bits per heavy atom. The number of hydrogen-bond donors (Lipinski definition) is 0. The van der Waals surface area contributed by atoms with Crippen LogP contribution in [-0.4, -0.2) is 38.7 Å². The van der Waals surface area contributed by atoms with Gasteiger partial charge in [-0.05, 0) is 70.4 Å². The van der Waals surface area contributed by atoms with Crippen LogP contribution in [0.4, 0.5) is 0 Å². The molecule has 2 heterocycles. The summed E-state index contributed by atoms with van der Waals surface area (Å²) in [6.45, 7) is 3.59. The second kappa shape index (κ2) is 9.82. The summed E-state index contributed by atoms with van der Waals surface area (Å²) in [6.07, 6.45) is 11.3. The lowest BCUT2D eigenvalue weighted by atomic mass is 9.97. The molecule has 0 radical (unpaired) electrons. The van der Waals surface area contributed by atoms with E-state index in [0.29, 0.717) is 34.4 Å². The number of fused-ring (bicyclic) bond motifs is 1. The molecule has 0 N–H and O–H groups in total. The SMILES string of the molecule is CC1CCCCN1C(=O)CSc1nc2ccccc2c(=O)n1CCC1=CCCCC1. The molecule has 4 rings (SSSR count). The summed E-state index contributed by atoms with van der Waals surface area (Å²) < 4.78 is 1.79. The quantitative estimate of drug-likeness (QED) is 0.380. The molecule has 5 nitrogen and oxygen atoms in total. The summed E-state index contributed by atoms with van der Waals surface area (Å²) in [4.78, 5) is 32.8. The van der Waals surface area contributed by atoms with Crippen LogP contribution in [0.2, 0.25) is 0 Å². The third-order valence-electron chi connectivity index (χ3n) is 6.32. The summed E-state index contributed by atoms with van der Waals surface area (Å²) in [5, 5.41) is 1.31. The Labute approximate surface area is 182 Å². The highest BCUT2D eigenvalue weighted by Gasteiger charge is 2.24. The van der Waals surface area contributed by atoms with Gasteiger partial charge in [0.25, 0.3) is 5.56 Å². The van der Waals surface area contributed by atoms with E-state index in [1.54, 1.807) is 4.57 Å². The minimum atomic E-state index is -0.00158. The molecule has 2 aromatic rings. The van der Waals surface area contributed by atoms with Crippen molar-refractivity contribution >= 4 is 28.6 Å². The Kier molecular flexibility index (Phi) is 6.93. The molecule has 160 valence electrons. The van der Waals surface area contributed by atoms with E-state index in [-0.39, 0.29) is 11.5 Å². The molecule has 1 aromatic heterocycles. The highest BCUT2D eigenvalue weighted by molar-refractivity contribution is 7.99. The van der Waals surface area contributed by atoms with Gasteiger partial charge < -0.3 is 4.90 Å². The van der Waals surface area contributed by atoms with Crippen LogP contribution in [-0.2, 0) is 11.3 Å². The monoisotopic (exact) mass is 425 g/mol. The third kappa shape index (κ3) is 4.80. The number of benzene rings is 1. The molecule has 1 aromatic carbocycles. The standard InChI is InChI=1S/C24H31N3O2S/c1-18-9-7-8-15-26(18)22(28)17-30-24-25-21-13-6-5-12-20(21)23(29)27(24)16-14-19-10-3-2-4-11-19/h5-6,10,12-13,18H,2-4,7-9,11,14-17H2,1H3. The van der Waals surface area contributed by atoms with Gasteiger partial charge in [-0.3, -0.25) is 14.2 Å². The first-order valence-corrected chi connectivity index (χ1v) is 12.2. The molecule has 1 unspecified atom stereocenters. The van der Waals surface area contributed by atoms with Gasteiger partial charge in [-0.1, -0.05) is 35.5 Å². The Bertz CT molecular complexity index is 998. The minimum Gasteiger partial charge on any atom is -0.339 e. The van der Waals surface area contributed by atoms with Crippen molar-refractivity contribution in [3.63, 3.8) is 0 Å². The van der Waals surface area contributed by atoms with Gasteiger partial charge in [-0.25, -0.2) is 4.98 Å². The Morgan fingerprint density at radius 2 is 2.07 bits per heavy atom. The van der Waals surface area contributed by atoms with E-state index in [1.807, 2.05) is 29.2 Å². The smallest absolute Gasteiger partial charge is 0.262 e. The summed E-state index contributed by atoms with van der Waals surface area (Å²) in [5.41, 5.74) is 2.14. The maximum absolute atomic E-state index is 13.2. The average Bonchev–Trinajstić information content (AvgIpc) is 2.78. The van der Waals surface area contributed by atoms with Gasteiger partial charge in [0.2, 0.25) is 5.91 Å². The first-order valence-electron chi connectivity index (χ1n) is 11.2. The molecule has 1 saturated heterocycles. The molecule has 1 aliphatic heterocycles. The van der Waals surface area contributed by atoms with Crippen LogP contribution in [0.5, 0.6) is 0 Å². The van der Waals surface area contributed by atoms with Gasteiger partial charge in [0.15, 0.2) is 5.16 Å². The summed E-state index contributed by atoms with van der Waals surface area (Å²) >= 11 is 1.41. The highest BCUT2D eigenvalue weighted by Crippen LogP contribution is 2.24.